The highest BCUT2D eigenvalue weighted by Gasteiger charge is 2.70. The molecule has 0 heterocycles. The molecule has 0 spiro atoms. The van der Waals surface area contributed by atoms with Crippen LogP contribution in [0.2, 0.25) is 0 Å². The molecule has 0 unspecified atom stereocenters. The number of hydrogen-bond acceptors (Lipinski definition) is 7. The molecule has 7 rings (SSSR count). The number of fused-ring (bicyclic) bond motifs is 7. The fourth-order valence-corrected chi connectivity index (χ4v) is 14.3. The molecule has 0 aromatic heterocycles. The summed E-state index contributed by atoms with van der Waals surface area (Å²) in [5, 5.41) is 11.7. The lowest BCUT2D eigenvalue weighted by Crippen LogP contribution is -2.66. The van der Waals surface area contributed by atoms with Crippen LogP contribution in [-0.4, -0.2) is 35.3 Å². The number of ketones is 1. The van der Waals surface area contributed by atoms with Crippen molar-refractivity contribution >= 4 is 17.7 Å². The number of hydrogen-bond donors (Lipinski definition) is 0. The third kappa shape index (κ3) is 5.75. The van der Waals surface area contributed by atoms with Gasteiger partial charge in [-0.2, -0.15) is 0 Å². The minimum Gasteiger partial charge on any atom is -0.462 e. The van der Waals surface area contributed by atoms with Crippen molar-refractivity contribution in [1.29, 1.82) is 0 Å². The first-order valence-corrected chi connectivity index (χ1v) is 21.0. The molecule has 54 heavy (non-hydrogen) atoms. The minimum absolute atomic E-state index is 0.00412. The maximum absolute atomic E-state index is 13.9. The predicted octanol–water partition coefficient (Wildman–Crippen LogP) is 9.95. The number of nitrogens with zero attached hydrogens (tertiary/aromatic N) is 1. The number of benzene rings is 1. The van der Waals surface area contributed by atoms with Gasteiger partial charge in [0.05, 0.1) is 11.8 Å². The summed E-state index contributed by atoms with van der Waals surface area (Å²) in [7, 11) is 0. The van der Waals surface area contributed by atoms with Gasteiger partial charge in [-0.1, -0.05) is 98.2 Å². The standard InChI is InChI=1S/C46H65NO7/c1-28(2)37-33(48)26-46(23-24-47(51)52)22-21-44(8)30(38(37)46)15-16-35-43(7)19-18-36(42(5,6)34(43)17-20-45(35,44)9)54-40(50)32-25-31(41(32,3)4)39(49)53-27-29-13-11-10-12-14-29/h10-14,28,30-32,34-36H,15-27H2,1-9H3/t30-,31+,32-,34+,35-,36+,43+,44-,45-,46-/m1/s1. The fraction of sp³-hybridized carbons (Fsp3) is 0.761. The zero-order valence-electron chi connectivity index (χ0n) is 34.4. The molecule has 0 amide bonds. The third-order valence-corrected chi connectivity index (χ3v) is 17.6. The van der Waals surface area contributed by atoms with E-state index in [1.54, 1.807) is 0 Å². The zero-order valence-corrected chi connectivity index (χ0v) is 34.4. The summed E-state index contributed by atoms with van der Waals surface area (Å²) in [6.45, 7) is 20.7. The number of rotatable bonds is 9. The van der Waals surface area contributed by atoms with E-state index in [4.69, 9.17) is 9.47 Å². The van der Waals surface area contributed by atoms with Crippen molar-refractivity contribution in [1.82, 2.24) is 0 Å². The molecular formula is C46H65NO7. The van der Waals surface area contributed by atoms with Crippen LogP contribution in [0.5, 0.6) is 0 Å². The first-order valence-electron chi connectivity index (χ1n) is 21.0. The third-order valence-electron chi connectivity index (χ3n) is 17.6. The Bertz CT molecular complexity index is 1730. The summed E-state index contributed by atoms with van der Waals surface area (Å²) in [4.78, 5) is 52.2. The molecule has 296 valence electrons. The maximum atomic E-state index is 13.9. The molecule has 6 aliphatic rings. The number of allylic oxidation sites excluding steroid dienone is 2. The van der Waals surface area contributed by atoms with Crippen molar-refractivity contribution in [2.45, 2.75) is 146 Å². The highest BCUT2D eigenvalue weighted by molar-refractivity contribution is 6.00. The Labute approximate surface area is 323 Å². The number of carbonyl (C=O) groups is 3. The van der Waals surface area contributed by atoms with Crippen molar-refractivity contribution in [3.8, 4) is 0 Å². The topological polar surface area (TPSA) is 113 Å². The Kier molecular flexibility index (Phi) is 9.65. The van der Waals surface area contributed by atoms with Crippen LogP contribution in [0.1, 0.15) is 139 Å². The van der Waals surface area contributed by atoms with E-state index in [1.165, 1.54) is 5.57 Å². The Hall–Kier alpha value is -3.03. The van der Waals surface area contributed by atoms with Gasteiger partial charge in [-0.05, 0) is 114 Å². The fourth-order valence-electron chi connectivity index (χ4n) is 14.3. The van der Waals surface area contributed by atoms with Crippen LogP contribution in [0.3, 0.4) is 0 Å². The number of nitro groups is 1. The largest absolute Gasteiger partial charge is 0.462 e. The Morgan fingerprint density at radius 2 is 1.52 bits per heavy atom. The zero-order chi connectivity index (χ0) is 39.2. The molecule has 10 atom stereocenters. The van der Waals surface area contributed by atoms with E-state index in [1.807, 2.05) is 44.2 Å². The molecule has 8 heteroatoms. The highest BCUT2D eigenvalue weighted by Crippen LogP contribution is 2.77. The molecule has 0 radical (unpaired) electrons. The van der Waals surface area contributed by atoms with E-state index in [0.717, 1.165) is 62.5 Å². The van der Waals surface area contributed by atoms with Gasteiger partial charge in [0.15, 0.2) is 5.78 Å². The summed E-state index contributed by atoms with van der Waals surface area (Å²) >= 11 is 0. The molecule has 5 fully saturated rings. The molecule has 8 nitrogen and oxygen atoms in total. The van der Waals surface area contributed by atoms with Crippen molar-refractivity contribution < 1.29 is 28.8 Å². The number of ether oxygens (including phenoxy) is 2. The van der Waals surface area contributed by atoms with E-state index in [0.29, 0.717) is 31.1 Å². The van der Waals surface area contributed by atoms with E-state index in [-0.39, 0.29) is 92.6 Å². The number of esters is 2. The van der Waals surface area contributed by atoms with Crippen LogP contribution in [0.15, 0.2) is 41.5 Å². The Balaban J connectivity index is 1.07. The van der Waals surface area contributed by atoms with Crippen molar-refractivity contribution in [2.75, 3.05) is 6.54 Å². The van der Waals surface area contributed by atoms with Gasteiger partial charge < -0.3 is 9.47 Å². The van der Waals surface area contributed by atoms with Crippen LogP contribution in [0, 0.1) is 78.1 Å². The highest BCUT2D eigenvalue weighted by atomic mass is 16.6. The van der Waals surface area contributed by atoms with Crippen LogP contribution >= 0.6 is 0 Å². The summed E-state index contributed by atoms with van der Waals surface area (Å²) < 4.78 is 12.2. The molecule has 1 aromatic carbocycles. The van der Waals surface area contributed by atoms with Gasteiger partial charge in [0, 0.05) is 28.6 Å². The van der Waals surface area contributed by atoms with Gasteiger partial charge in [0.1, 0.15) is 12.7 Å². The second-order valence-electron chi connectivity index (χ2n) is 20.8. The SMILES string of the molecule is CC(C)C1=C2[C@H]3CC[C@@H]4[C@@]5(C)CC[C@H](OC(=O)[C@H]6C[C@@H](C(=O)OCc7ccccc7)C6(C)C)C(C)(C)[C@@H]5CC[C@@]4(C)[C@]3(C)CC[C@@]2(CC[N+](=O)[O-])CC1=O. The summed E-state index contributed by atoms with van der Waals surface area (Å²) in [6, 6.07) is 9.68. The second kappa shape index (κ2) is 13.3. The first-order chi connectivity index (χ1) is 25.2. The Morgan fingerprint density at radius 1 is 0.833 bits per heavy atom. The lowest BCUT2D eigenvalue weighted by atomic mass is 9.33. The summed E-state index contributed by atoms with van der Waals surface area (Å²) in [6.07, 6.45) is 9.18. The molecule has 0 N–H and O–H groups in total. The van der Waals surface area contributed by atoms with Gasteiger partial charge in [0.25, 0.3) is 0 Å². The van der Waals surface area contributed by atoms with Crippen LogP contribution in [0.4, 0.5) is 0 Å². The minimum atomic E-state index is -0.533. The van der Waals surface area contributed by atoms with Gasteiger partial charge in [0.2, 0.25) is 6.54 Å². The quantitative estimate of drug-likeness (QED) is 0.141. The molecule has 5 saturated carbocycles. The van der Waals surface area contributed by atoms with Crippen LogP contribution < -0.4 is 0 Å². The Morgan fingerprint density at radius 3 is 2.17 bits per heavy atom. The van der Waals surface area contributed by atoms with Crippen molar-refractivity contribution in [3.63, 3.8) is 0 Å². The molecule has 6 aliphatic carbocycles. The summed E-state index contributed by atoms with van der Waals surface area (Å²) in [5.41, 5.74) is 2.30. The van der Waals surface area contributed by atoms with Crippen molar-refractivity contribution in [3.05, 3.63) is 57.2 Å². The average Bonchev–Trinajstić information content (AvgIpc) is 3.40. The maximum Gasteiger partial charge on any atom is 0.309 e. The van der Waals surface area contributed by atoms with Crippen LogP contribution in [-0.2, 0) is 30.5 Å². The van der Waals surface area contributed by atoms with Gasteiger partial charge >= 0.3 is 11.9 Å². The smallest absolute Gasteiger partial charge is 0.309 e. The molecule has 0 bridgehead atoms. The molecule has 1 aromatic rings. The van der Waals surface area contributed by atoms with E-state index >= 15 is 0 Å². The van der Waals surface area contributed by atoms with Gasteiger partial charge in [-0.25, -0.2) is 0 Å². The molecule has 0 aliphatic heterocycles. The number of carbonyl (C=O) groups excluding carboxylic acids is 3. The average molecular weight is 744 g/mol. The van der Waals surface area contributed by atoms with E-state index in [9.17, 15) is 24.5 Å². The van der Waals surface area contributed by atoms with E-state index < -0.39 is 5.41 Å². The van der Waals surface area contributed by atoms with Crippen LogP contribution in [0.25, 0.3) is 0 Å². The van der Waals surface area contributed by atoms with Crippen molar-refractivity contribution in [2.24, 2.45) is 68.0 Å². The number of Topliss-reactive ketones (excluding diaryl/α,β-unsaturated/α-hetero) is 1. The lowest BCUT2D eigenvalue weighted by Gasteiger charge is -2.72. The predicted molar refractivity (Wildman–Crippen MR) is 207 cm³/mol. The summed E-state index contributed by atoms with van der Waals surface area (Å²) in [5.74, 6) is 0.436. The monoisotopic (exact) mass is 743 g/mol. The van der Waals surface area contributed by atoms with Gasteiger partial charge in [-0.15, -0.1) is 0 Å². The first kappa shape index (κ1) is 39.2. The van der Waals surface area contributed by atoms with Gasteiger partial charge in [-0.3, -0.25) is 24.5 Å². The van der Waals surface area contributed by atoms with E-state index in [2.05, 4.69) is 48.5 Å². The molecule has 0 saturated heterocycles. The second-order valence-corrected chi connectivity index (χ2v) is 20.8. The lowest BCUT2D eigenvalue weighted by molar-refractivity contribution is -0.483. The normalized spacial score (nSPS) is 40.4. The molecular weight excluding hydrogens is 679 g/mol.